The first kappa shape index (κ1) is 7.80. The topological polar surface area (TPSA) is 32.9 Å². The van der Waals surface area contributed by atoms with Gasteiger partial charge in [-0.05, 0) is 35.8 Å². The molecule has 14 heavy (non-hydrogen) atoms. The normalized spacial score (nSPS) is 16.0. The van der Waals surface area contributed by atoms with Crippen molar-refractivity contribution in [1.82, 2.24) is 4.98 Å². The van der Waals surface area contributed by atoms with E-state index in [1.807, 2.05) is 12.1 Å². The van der Waals surface area contributed by atoms with Crippen molar-refractivity contribution >= 4 is 10.9 Å². The van der Waals surface area contributed by atoms with E-state index in [1.165, 1.54) is 18.4 Å². The van der Waals surface area contributed by atoms with Gasteiger partial charge in [0, 0.05) is 6.07 Å². The molecule has 0 amide bonds. The van der Waals surface area contributed by atoms with E-state index in [0.717, 1.165) is 10.9 Å². The Kier molecular flexibility index (Phi) is 1.51. The molecule has 0 radical (unpaired) electrons. The lowest BCUT2D eigenvalue weighted by Gasteiger charge is -2.03. The van der Waals surface area contributed by atoms with Crippen LogP contribution in [0.4, 0.5) is 0 Å². The summed E-state index contributed by atoms with van der Waals surface area (Å²) < 4.78 is 0. The number of hydrogen-bond donors (Lipinski definition) is 1. The fourth-order valence-electron chi connectivity index (χ4n) is 1.94. The molecule has 1 heterocycles. The van der Waals surface area contributed by atoms with Gasteiger partial charge in [-0.15, -0.1) is 0 Å². The molecule has 2 aromatic rings. The zero-order valence-electron chi connectivity index (χ0n) is 7.79. The quantitative estimate of drug-likeness (QED) is 0.727. The first-order chi connectivity index (χ1) is 6.84. The highest BCUT2D eigenvalue weighted by atomic mass is 16.1. The molecule has 1 fully saturated rings. The molecule has 1 aliphatic carbocycles. The molecule has 2 heteroatoms. The number of nitrogens with one attached hydrogen (secondary N) is 1. The van der Waals surface area contributed by atoms with Gasteiger partial charge in [-0.25, -0.2) is 0 Å². The minimum absolute atomic E-state index is 0.00870. The molecule has 1 aromatic heterocycles. The van der Waals surface area contributed by atoms with Gasteiger partial charge in [0.05, 0.1) is 5.52 Å². The van der Waals surface area contributed by atoms with Crippen molar-refractivity contribution in [2.45, 2.75) is 18.8 Å². The number of benzene rings is 1. The lowest BCUT2D eigenvalue weighted by molar-refractivity contribution is 1.13. The van der Waals surface area contributed by atoms with E-state index in [0.29, 0.717) is 5.92 Å². The minimum Gasteiger partial charge on any atom is -0.322 e. The van der Waals surface area contributed by atoms with E-state index in [4.69, 9.17) is 0 Å². The number of aromatic nitrogens is 1. The van der Waals surface area contributed by atoms with Crippen molar-refractivity contribution in [2.24, 2.45) is 0 Å². The number of H-pyrrole nitrogens is 1. The Morgan fingerprint density at radius 3 is 2.79 bits per heavy atom. The van der Waals surface area contributed by atoms with E-state index < -0.39 is 0 Å². The van der Waals surface area contributed by atoms with Gasteiger partial charge in [-0.1, -0.05) is 18.2 Å². The molecule has 0 saturated heterocycles. The summed E-state index contributed by atoms with van der Waals surface area (Å²) in [6, 6.07) is 9.69. The van der Waals surface area contributed by atoms with Crippen molar-refractivity contribution in [3.8, 4) is 0 Å². The number of fused-ring (bicyclic) bond motifs is 1. The SMILES string of the molecule is O=c1ccc2cccc(C3CC3)c2[nH]1. The number of rotatable bonds is 1. The molecule has 0 atom stereocenters. The van der Waals surface area contributed by atoms with E-state index in [9.17, 15) is 4.79 Å². The predicted octanol–water partition coefficient (Wildman–Crippen LogP) is 2.41. The fourth-order valence-corrected chi connectivity index (χ4v) is 1.94. The molecular formula is C12H11NO. The molecule has 2 nitrogen and oxygen atoms in total. The summed E-state index contributed by atoms with van der Waals surface area (Å²) in [7, 11) is 0. The largest absolute Gasteiger partial charge is 0.322 e. The lowest BCUT2D eigenvalue weighted by Crippen LogP contribution is -2.03. The van der Waals surface area contributed by atoms with Gasteiger partial charge in [-0.3, -0.25) is 4.79 Å². The van der Waals surface area contributed by atoms with Crippen LogP contribution in [0.15, 0.2) is 35.1 Å². The Morgan fingerprint density at radius 2 is 2.00 bits per heavy atom. The van der Waals surface area contributed by atoms with E-state index in [2.05, 4.69) is 17.1 Å². The zero-order chi connectivity index (χ0) is 9.54. The highest BCUT2D eigenvalue weighted by Crippen LogP contribution is 2.42. The van der Waals surface area contributed by atoms with Crippen LogP contribution in [0.2, 0.25) is 0 Å². The van der Waals surface area contributed by atoms with Crippen LogP contribution < -0.4 is 5.56 Å². The average molecular weight is 185 g/mol. The number of para-hydroxylation sites is 1. The number of pyridine rings is 1. The summed E-state index contributed by atoms with van der Waals surface area (Å²) in [5.41, 5.74) is 2.33. The smallest absolute Gasteiger partial charge is 0.248 e. The molecule has 0 spiro atoms. The molecule has 0 bridgehead atoms. The fraction of sp³-hybridized carbons (Fsp3) is 0.250. The summed E-state index contributed by atoms with van der Waals surface area (Å²) >= 11 is 0. The second kappa shape index (κ2) is 2.71. The summed E-state index contributed by atoms with van der Waals surface area (Å²) in [6.45, 7) is 0. The highest BCUT2D eigenvalue weighted by Gasteiger charge is 2.25. The predicted molar refractivity (Wildman–Crippen MR) is 56.5 cm³/mol. The van der Waals surface area contributed by atoms with Gasteiger partial charge in [0.2, 0.25) is 5.56 Å². The molecule has 1 aliphatic rings. The van der Waals surface area contributed by atoms with Crippen LogP contribution in [-0.2, 0) is 0 Å². The minimum atomic E-state index is -0.00870. The second-order valence-electron chi connectivity index (χ2n) is 3.91. The van der Waals surface area contributed by atoms with Gasteiger partial charge in [0.25, 0.3) is 0 Å². The Morgan fingerprint density at radius 1 is 1.14 bits per heavy atom. The standard InChI is InChI=1S/C12H11NO/c14-11-7-6-9-2-1-3-10(8-4-5-8)12(9)13-11/h1-3,6-8H,4-5H2,(H,13,14). The van der Waals surface area contributed by atoms with Crippen LogP contribution in [0.5, 0.6) is 0 Å². The van der Waals surface area contributed by atoms with Crippen LogP contribution >= 0.6 is 0 Å². The molecule has 0 unspecified atom stereocenters. The van der Waals surface area contributed by atoms with Crippen molar-refractivity contribution in [3.63, 3.8) is 0 Å². The first-order valence-electron chi connectivity index (χ1n) is 4.96. The van der Waals surface area contributed by atoms with Gasteiger partial charge < -0.3 is 4.98 Å². The van der Waals surface area contributed by atoms with Crippen molar-refractivity contribution in [3.05, 3.63) is 46.2 Å². The lowest BCUT2D eigenvalue weighted by atomic mass is 10.1. The second-order valence-corrected chi connectivity index (χ2v) is 3.91. The van der Waals surface area contributed by atoms with E-state index >= 15 is 0 Å². The zero-order valence-corrected chi connectivity index (χ0v) is 7.79. The maximum Gasteiger partial charge on any atom is 0.248 e. The van der Waals surface area contributed by atoms with Gasteiger partial charge in [-0.2, -0.15) is 0 Å². The first-order valence-corrected chi connectivity index (χ1v) is 4.96. The van der Waals surface area contributed by atoms with Crippen LogP contribution in [-0.4, -0.2) is 4.98 Å². The molecule has 0 aliphatic heterocycles. The molecule has 1 saturated carbocycles. The third kappa shape index (κ3) is 1.15. The van der Waals surface area contributed by atoms with Crippen LogP contribution in [0.1, 0.15) is 24.3 Å². The van der Waals surface area contributed by atoms with Gasteiger partial charge in [0.1, 0.15) is 0 Å². The maximum atomic E-state index is 11.2. The van der Waals surface area contributed by atoms with E-state index in [1.54, 1.807) is 6.07 Å². The van der Waals surface area contributed by atoms with Crippen molar-refractivity contribution < 1.29 is 0 Å². The third-order valence-corrected chi connectivity index (χ3v) is 2.81. The van der Waals surface area contributed by atoms with Gasteiger partial charge >= 0.3 is 0 Å². The molecule has 70 valence electrons. The molecular weight excluding hydrogens is 174 g/mol. The summed E-state index contributed by atoms with van der Waals surface area (Å²) in [5.74, 6) is 0.678. The average Bonchev–Trinajstić information content (AvgIpc) is 3.00. The number of aromatic amines is 1. The summed E-state index contributed by atoms with van der Waals surface area (Å²) in [5, 5.41) is 1.13. The van der Waals surface area contributed by atoms with Crippen LogP contribution in [0.25, 0.3) is 10.9 Å². The third-order valence-electron chi connectivity index (χ3n) is 2.81. The molecule has 1 N–H and O–H groups in total. The Labute approximate surface area is 81.6 Å². The molecule has 3 rings (SSSR count). The Balaban J connectivity index is 2.37. The Hall–Kier alpha value is -1.57. The van der Waals surface area contributed by atoms with Crippen LogP contribution in [0.3, 0.4) is 0 Å². The van der Waals surface area contributed by atoms with E-state index in [-0.39, 0.29) is 5.56 Å². The van der Waals surface area contributed by atoms with Crippen LogP contribution in [0, 0.1) is 0 Å². The molecule has 1 aromatic carbocycles. The highest BCUT2D eigenvalue weighted by molar-refractivity contribution is 5.82. The summed E-state index contributed by atoms with van der Waals surface area (Å²) in [4.78, 5) is 14.1. The number of hydrogen-bond acceptors (Lipinski definition) is 1. The van der Waals surface area contributed by atoms with Gasteiger partial charge in [0.15, 0.2) is 0 Å². The monoisotopic (exact) mass is 185 g/mol. The summed E-state index contributed by atoms with van der Waals surface area (Å²) in [6.07, 6.45) is 2.52. The van der Waals surface area contributed by atoms with Crippen molar-refractivity contribution in [2.75, 3.05) is 0 Å². The van der Waals surface area contributed by atoms with Crippen molar-refractivity contribution in [1.29, 1.82) is 0 Å². The maximum absolute atomic E-state index is 11.2. The Bertz CT molecular complexity index is 537.